The first kappa shape index (κ1) is 19.8. The maximum absolute atomic E-state index is 13.4. The fourth-order valence-corrected chi connectivity index (χ4v) is 5.33. The van der Waals surface area contributed by atoms with Crippen LogP contribution in [0.5, 0.6) is 0 Å². The van der Waals surface area contributed by atoms with Gasteiger partial charge < -0.3 is 5.11 Å². The number of benzene rings is 3. The van der Waals surface area contributed by atoms with Gasteiger partial charge in [0.05, 0.1) is 6.61 Å². The van der Waals surface area contributed by atoms with Crippen molar-refractivity contribution >= 4 is 31.5 Å². The number of aliphatic hydroxyl groups excluding tert-OH is 1. The SMILES string of the molecule is Cc1cc(C)c(-c2ccc3sc4ccc(C(C)C)cc4c(=O)c3c2)c(C)c1CO. The van der Waals surface area contributed by atoms with E-state index in [0.717, 1.165) is 53.6 Å². The van der Waals surface area contributed by atoms with Crippen LogP contribution in [0.15, 0.2) is 47.3 Å². The molecule has 1 heterocycles. The summed E-state index contributed by atoms with van der Waals surface area (Å²) in [5, 5.41) is 11.4. The van der Waals surface area contributed by atoms with Crippen molar-refractivity contribution in [2.75, 3.05) is 0 Å². The van der Waals surface area contributed by atoms with E-state index in [1.165, 1.54) is 5.56 Å². The van der Waals surface area contributed by atoms with Crippen LogP contribution in [0.3, 0.4) is 0 Å². The molecule has 1 aromatic heterocycles. The monoisotopic (exact) mass is 402 g/mol. The van der Waals surface area contributed by atoms with Crippen LogP contribution in [0, 0.1) is 20.8 Å². The Bertz CT molecular complexity index is 1310. The van der Waals surface area contributed by atoms with E-state index in [4.69, 9.17) is 0 Å². The van der Waals surface area contributed by atoms with Gasteiger partial charge >= 0.3 is 0 Å². The third kappa shape index (κ3) is 3.29. The highest BCUT2D eigenvalue weighted by Gasteiger charge is 2.14. The number of aliphatic hydroxyl groups is 1. The fraction of sp³-hybridized carbons (Fsp3) is 0.269. The van der Waals surface area contributed by atoms with Crippen LogP contribution in [-0.2, 0) is 6.61 Å². The zero-order valence-electron chi connectivity index (χ0n) is 17.6. The quantitative estimate of drug-likeness (QED) is 0.391. The Kier molecular flexibility index (Phi) is 5.05. The van der Waals surface area contributed by atoms with Crippen LogP contribution in [0.1, 0.15) is 47.6 Å². The molecule has 3 aromatic carbocycles. The highest BCUT2D eigenvalue weighted by atomic mass is 32.1. The minimum absolute atomic E-state index is 0.0238. The molecule has 2 nitrogen and oxygen atoms in total. The van der Waals surface area contributed by atoms with Crippen LogP contribution >= 0.6 is 11.3 Å². The van der Waals surface area contributed by atoms with E-state index in [9.17, 15) is 9.90 Å². The molecular weight excluding hydrogens is 376 g/mol. The van der Waals surface area contributed by atoms with Crippen molar-refractivity contribution in [3.63, 3.8) is 0 Å². The standard InChI is InChI=1S/C26H26O2S/c1-14(2)18-6-8-23-20(11-18)26(28)21-12-19(7-9-24(21)29-23)25-16(4)10-15(3)22(13-27)17(25)5/h6-12,14,27H,13H2,1-5H3. The lowest BCUT2D eigenvalue weighted by Gasteiger charge is -2.17. The molecular formula is C26H26O2S. The zero-order valence-corrected chi connectivity index (χ0v) is 18.4. The predicted molar refractivity (Wildman–Crippen MR) is 125 cm³/mol. The molecule has 4 rings (SSSR count). The summed E-state index contributed by atoms with van der Waals surface area (Å²) in [5.74, 6) is 0.389. The Morgan fingerprint density at radius 1 is 0.897 bits per heavy atom. The molecule has 0 aliphatic heterocycles. The van der Waals surface area contributed by atoms with Crippen molar-refractivity contribution in [1.29, 1.82) is 0 Å². The number of aryl methyl sites for hydroxylation is 2. The Morgan fingerprint density at radius 2 is 1.55 bits per heavy atom. The molecule has 0 spiro atoms. The molecule has 1 N–H and O–H groups in total. The molecule has 0 aliphatic carbocycles. The topological polar surface area (TPSA) is 37.3 Å². The van der Waals surface area contributed by atoms with Gasteiger partial charge in [-0.3, -0.25) is 4.79 Å². The maximum atomic E-state index is 13.4. The molecule has 0 fully saturated rings. The van der Waals surface area contributed by atoms with Gasteiger partial charge in [0.15, 0.2) is 5.43 Å². The first-order chi connectivity index (χ1) is 13.8. The highest BCUT2D eigenvalue weighted by molar-refractivity contribution is 7.24. The lowest BCUT2D eigenvalue weighted by Crippen LogP contribution is -2.03. The van der Waals surface area contributed by atoms with Crippen LogP contribution in [0.4, 0.5) is 0 Å². The largest absolute Gasteiger partial charge is 0.392 e. The predicted octanol–water partition coefficient (Wildman–Crippen LogP) is 6.62. The third-order valence-electron chi connectivity index (χ3n) is 5.94. The second kappa shape index (κ2) is 7.40. The summed E-state index contributed by atoms with van der Waals surface area (Å²) in [6, 6.07) is 14.6. The molecule has 0 radical (unpaired) electrons. The smallest absolute Gasteiger partial charge is 0.195 e. The molecule has 148 valence electrons. The summed E-state index contributed by atoms with van der Waals surface area (Å²) < 4.78 is 2.04. The van der Waals surface area contributed by atoms with Gasteiger partial charge in [-0.2, -0.15) is 0 Å². The van der Waals surface area contributed by atoms with Gasteiger partial charge in [0.25, 0.3) is 0 Å². The van der Waals surface area contributed by atoms with E-state index in [1.807, 2.05) is 13.0 Å². The van der Waals surface area contributed by atoms with Crippen molar-refractivity contribution in [3.8, 4) is 11.1 Å². The Hall–Kier alpha value is -2.49. The van der Waals surface area contributed by atoms with Crippen molar-refractivity contribution in [2.24, 2.45) is 0 Å². The molecule has 0 saturated heterocycles. The summed E-state index contributed by atoms with van der Waals surface area (Å²) in [6.45, 7) is 10.5. The number of fused-ring (bicyclic) bond motifs is 2. The zero-order chi connectivity index (χ0) is 20.9. The van der Waals surface area contributed by atoms with E-state index in [-0.39, 0.29) is 12.0 Å². The molecule has 0 aliphatic rings. The van der Waals surface area contributed by atoms with Gasteiger partial charge in [-0.15, -0.1) is 11.3 Å². The minimum Gasteiger partial charge on any atom is -0.392 e. The average Bonchev–Trinajstić information content (AvgIpc) is 2.68. The van der Waals surface area contributed by atoms with E-state index in [0.29, 0.717) is 5.92 Å². The number of rotatable bonds is 3. The second-order valence-electron chi connectivity index (χ2n) is 8.20. The highest BCUT2D eigenvalue weighted by Crippen LogP contribution is 2.35. The number of hydrogen-bond acceptors (Lipinski definition) is 3. The summed E-state index contributed by atoms with van der Waals surface area (Å²) >= 11 is 1.67. The normalized spacial score (nSPS) is 11.7. The van der Waals surface area contributed by atoms with Gasteiger partial charge in [0, 0.05) is 20.2 Å². The van der Waals surface area contributed by atoms with Crippen LogP contribution in [0.25, 0.3) is 31.3 Å². The number of hydrogen-bond donors (Lipinski definition) is 1. The Morgan fingerprint density at radius 3 is 2.21 bits per heavy atom. The first-order valence-electron chi connectivity index (χ1n) is 10.0. The summed E-state index contributed by atoms with van der Waals surface area (Å²) in [6.07, 6.45) is 0. The van der Waals surface area contributed by atoms with E-state index >= 15 is 0 Å². The molecule has 0 atom stereocenters. The van der Waals surface area contributed by atoms with E-state index in [1.54, 1.807) is 11.3 Å². The van der Waals surface area contributed by atoms with Gasteiger partial charge in [-0.25, -0.2) is 0 Å². The van der Waals surface area contributed by atoms with Crippen LogP contribution in [0.2, 0.25) is 0 Å². The Labute approximate surface area is 175 Å². The third-order valence-corrected chi connectivity index (χ3v) is 7.09. The molecule has 0 amide bonds. The summed E-state index contributed by atoms with van der Waals surface area (Å²) in [7, 11) is 0. The molecule has 29 heavy (non-hydrogen) atoms. The molecule has 0 unspecified atom stereocenters. The lowest BCUT2D eigenvalue weighted by molar-refractivity contribution is 0.280. The van der Waals surface area contributed by atoms with Crippen molar-refractivity contribution in [2.45, 2.75) is 47.1 Å². The second-order valence-corrected chi connectivity index (χ2v) is 9.28. The van der Waals surface area contributed by atoms with Gasteiger partial charge in [0.1, 0.15) is 0 Å². The van der Waals surface area contributed by atoms with Crippen LogP contribution < -0.4 is 5.43 Å². The van der Waals surface area contributed by atoms with Gasteiger partial charge in [0.2, 0.25) is 0 Å². The Balaban J connectivity index is 2.01. The lowest BCUT2D eigenvalue weighted by atomic mass is 9.89. The van der Waals surface area contributed by atoms with Crippen LogP contribution in [-0.4, -0.2) is 5.11 Å². The molecule has 0 saturated carbocycles. The molecule has 0 bridgehead atoms. The maximum Gasteiger partial charge on any atom is 0.195 e. The van der Waals surface area contributed by atoms with Gasteiger partial charge in [-0.05, 0) is 89.9 Å². The van der Waals surface area contributed by atoms with Crippen molar-refractivity contribution in [1.82, 2.24) is 0 Å². The van der Waals surface area contributed by atoms with Gasteiger partial charge in [-0.1, -0.05) is 32.0 Å². The van der Waals surface area contributed by atoms with E-state index < -0.39 is 0 Å². The summed E-state index contributed by atoms with van der Waals surface area (Å²) in [5.41, 5.74) is 7.76. The fourth-order valence-electron chi connectivity index (χ4n) is 4.30. The molecule has 3 heteroatoms. The minimum atomic E-state index is 0.0238. The van der Waals surface area contributed by atoms with E-state index in [2.05, 4.69) is 64.1 Å². The molecule has 4 aromatic rings. The first-order valence-corrected chi connectivity index (χ1v) is 10.8. The average molecular weight is 403 g/mol. The van der Waals surface area contributed by atoms with Crippen molar-refractivity contribution in [3.05, 3.63) is 80.5 Å². The summed E-state index contributed by atoms with van der Waals surface area (Å²) in [4.78, 5) is 13.4. The van der Waals surface area contributed by atoms with Crippen molar-refractivity contribution < 1.29 is 5.11 Å².